The molecule has 0 aromatic carbocycles. The standard InChI is InChI=1S/C13H16N2O4/c1-19-13(18)10-4-5-15(8-10)7-9-2-3-11(12(16)17)14-6-9/h2-3,6,10H,4-5,7-8H2,1H3,(H,16,17)/t10-/m0/s1. The molecular weight excluding hydrogens is 248 g/mol. The van der Waals surface area contributed by atoms with Crippen molar-refractivity contribution in [2.75, 3.05) is 20.2 Å². The van der Waals surface area contributed by atoms with Gasteiger partial charge in [0.05, 0.1) is 13.0 Å². The maximum absolute atomic E-state index is 11.4. The van der Waals surface area contributed by atoms with E-state index in [-0.39, 0.29) is 17.6 Å². The number of ether oxygens (including phenoxy) is 1. The van der Waals surface area contributed by atoms with E-state index in [4.69, 9.17) is 9.84 Å². The topological polar surface area (TPSA) is 79.7 Å². The fourth-order valence-electron chi connectivity index (χ4n) is 2.24. The molecule has 2 rings (SSSR count). The number of hydrogen-bond donors (Lipinski definition) is 1. The molecule has 0 radical (unpaired) electrons. The van der Waals surface area contributed by atoms with Crippen LogP contribution in [0.3, 0.4) is 0 Å². The van der Waals surface area contributed by atoms with Gasteiger partial charge in [-0.15, -0.1) is 0 Å². The number of aromatic nitrogens is 1. The fourth-order valence-corrected chi connectivity index (χ4v) is 2.24. The van der Waals surface area contributed by atoms with Crippen molar-refractivity contribution in [3.63, 3.8) is 0 Å². The minimum atomic E-state index is -1.03. The third-order valence-electron chi connectivity index (χ3n) is 3.26. The molecule has 1 N–H and O–H groups in total. The predicted molar refractivity (Wildman–Crippen MR) is 66.6 cm³/mol. The first-order chi connectivity index (χ1) is 9.10. The van der Waals surface area contributed by atoms with Crippen molar-refractivity contribution in [1.29, 1.82) is 0 Å². The zero-order valence-electron chi connectivity index (χ0n) is 10.7. The normalized spacial score (nSPS) is 19.3. The maximum Gasteiger partial charge on any atom is 0.354 e. The summed E-state index contributed by atoms with van der Waals surface area (Å²) in [6.07, 6.45) is 2.36. The summed E-state index contributed by atoms with van der Waals surface area (Å²) in [5.41, 5.74) is 0.980. The van der Waals surface area contributed by atoms with Crippen molar-refractivity contribution in [2.24, 2.45) is 5.92 Å². The SMILES string of the molecule is COC(=O)[C@H]1CCN(Cc2ccc(C(=O)O)nc2)C1. The summed E-state index contributed by atoms with van der Waals surface area (Å²) in [5, 5.41) is 8.76. The van der Waals surface area contributed by atoms with Crippen LogP contribution < -0.4 is 0 Å². The molecule has 0 aliphatic carbocycles. The Bertz CT molecular complexity index is 472. The number of carbonyl (C=O) groups is 2. The lowest BCUT2D eigenvalue weighted by Gasteiger charge is -2.15. The lowest BCUT2D eigenvalue weighted by Crippen LogP contribution is -2.23. The molecule has 1 aliphatic rings. The van der Waals surface area contributed by atoms with Crippen molar-refractivity contribution in [2.45, 2.75) is 13.0 Å². The van der Waals surface area contributed by atoms with Crippen LogP contribution in [0, 0.1) is 5.92 Å². The van der Waals surface area contributed by atoms with Crippen LogP contribution in [0.25, 0.3) is 0 Å². The second-order valence-corrected chi connectivity index (χ2v) is 4.60. The Hall–Kier alpha value is -1.95. The van der Waals surface area contributed by atoms with Gasteiger partial charge in [0.25, 0.3) is 0 Å². The van der Waals surface area contributed by atoms with E-state index in [9.17, 15) is 9.59 Å². The molecule has 1 saturated heterocycles. The van der Waals surface area contributed by atoms with E-state index in [1.807, 2.05) is 0 Å². The summed E-state index contributed by atoms with van der Waals surface area (Å²) < 4.78 is 4.73. The van der Waals surface area contributed by atoms with Crippen molar-refractivity contribution in [3.05, 3.63) is 29.6 Å². The van der Waals surface area contributed by atoms with E-state index in [2.05, 4.69) is 9.88 Å². The molecule has 0 spiro atoms. The lowest BCUT2D eigenvalue weighted by molar-refractivity contribution is -0.144. The number of nitrogens with zero attached hydrogens (tertiary/aromatic N) is 2. The highest BCUT2D eigenvalue weighted by atomic mass is 16.5. The summed E-state index contributed by atoms with van der Waals surface area (Å²) in [6, 6.07) is 3.24. The molecule has 2 heterocycles. The van der Waals surface area contributed by atoms with Crippen LogP contribution >= 0.6 is 0 Å². The number of methoxy groups -OCH3 is 1. The Balaban J connectivity index is 1.92. The Morgan fingerprint density at radius 1 is 1.53 bits per heavy atom. The number of rotatable bonds is 4. The molecule has 19 heavy (non-hydrogen) atoms. The summed E-state index contributed by atoms with van der Waals surface area (Å²) in [7, 11) is 1.40. The van der Waals surface area contributed by atoms with Crippen LogP contribution in [0.15, 0.2) is 18.3 Å². The van der Waals surface area contributed by atoms with Gasteiger partial charge in [-0.3, -0.25) is 9.69 Å². The Kier molecular flexibility index (Phi) is 4.11. The average molecular weight is 264 g/mol. The van der Waals surface area contributed by atoms with Crippen LogP contribution in [0.4, 0.5) is 0 Å². The van der Waals surface area contributed by atoms with Crippen LogP contribution in [-0.4, -0.2) is 47.1 Å². The Labute approximate surface area is 111 Å². The van der Waals surface area contributed by atoms with Crippen LogP contribution in [-0.2, 0) is 16.1 Å². The van der Waals surface area contributed by atoms with Gasteiger partial charge in [-0.25, -0.2) is 9.78 Å². The third kappa shape index (κ3) is 3.29. The van der Waals surface area contributed by atoms with Crippen molar-refractivity contribution < 1.29 is 19.4 Å². The second kappa shape index (κ2) is 5.79. The third-order valence-corrected chi connectivity index (χ3v) is 3.26. The number of esters is 1. The first-order valence-corrected chi connectivity index (χ1v) is 6.08. The molecule has 6 heteroatoms. The molecule has 0 amide bonds. The van der Waals surface area contributed by atoms with Gasteiger partial charge in [0, 0.05) is 19.3 Å². The fraction of sp³-hybridized carbons (Fsp3) is 0.462. The van der Waals surface area contributed by atoms with Gasteiger partial charge in [0.1, 0.15) is 5.69 Å². The molecule has 1 aromatic rings. The summed E-state index contributed by atoms with van der Waals surface area (Å²) in [4.78, 5) is 28.1. The number of hydrogen-bond acceptors (Lipinski definition) is 5. The number of pyridine rings is 1. The molecule has 1 atom stereocenters. The first kappa shape index (κ1) is 13.5. The van der Waals surface area contributed by atoms with E-state index in [1.165, 1.54) is 13.2 Å². The molecule has 6 nitrogen and oxygen atoms in total. The molecule has 0 unspecified atom stereocenters. The van der Waals surface area contributed by atoms with Crippen LogP contribution in [0.5, 0.6) is 0 Å². The summed E-state index contributed by atoms with van der Waals surface area (Å²) >= 11 is 0. The van der Waals surface area contributed by atoms with Gasteiger partial charge in [0.2, 0.25) is 0 Å². The van der Waals surface area contributed by atoms with Gasteiger partial charge in [-0.05, 0) is 24.6 Å². The smallest absolute Gasteiger partial charge is 0.354 e. The predicted octanol–water partition coefficient (Wildman–Crippen LogP) is 0.775. The first-order valence-electron chi connectivity index (χ1n) is 6.08. The van der Waals surface area contributed by atoms with Gasteiger partial charge in [-0.2, -0.15) is 0 Å². The van der Waals surface area contributed by atoms with Gasteiger partial charge >= 0.3 is 11.9 Å². The monoisotopic (exact) mass is 264 g/mol. The molecule has 1 aliphatic heterocycles. The molecular formula is C13H16N2O4. The van der Waals surface area contributed by atoms with E-state index in [0.717, 1.165) is 18.5 Å². The molecule has 1 fully saturated rings. The lowest BCUT2D eigenvalue weighted by atomic mass is 10.1. The molecule has 0 saturated carbocycles. The minimum absolute atomic E-state index is 0.0395. The van der Waals surface area contributed by atoms with Crippen LogP contribution in [0.2, 0.25) is 0 Å². The van der Waals surface area contributed by atoms with E-state index >= 15 is 0 Å². The Morgan fingerprint density at radius 2 is 2.32 bits per heavy atom. The number of aromatic carboxylic acids is 1. The average Bonchev–Trinajstić information content (AvgIpc) is 2.87. The summed E-state index contributed by atoms with van der Waals surface area (Å²) in [5.74, 6) is -1.25. The maximum atomic E-state index is 11.4. The highest BCUT2D eigenvalue weighted by Gasteiger charge is 2.28. The van der Waals surface area contributed by atoms with Crippen molar-refractivity contribution in [1.82, 2.24) is 9.88 Å². The zero-order chi connectivity index (χ0) is 13.8. The largest absolute Gasteiger partial charge is 0.477 e. The quantitative estimate of drug-likeness (QED) is 0.809. The molecule has 102 valence electrons. The number of carbonyl (C=O) groups excluding carboxylic acids is 1. The van der Waals surface area contributed by atoms with Gasteiger partial charge < -0.3 is 9.84 Å². The number of carboxylic acid groups (broad SMARTS) is 1. The van der Waals surface area contributed by atoms with E-state index < -0.39 is 5.97 Å². The zero-order valence-corrected chi connectivity index (χ0v) is 10.7. The van der Waals surface area contributed by atoms with Crippen LogP contribution in [0.1, 0.15) is 22.5 Å². The molecule has 0 bridgehead atoms. The molecule has 1 aromatic heterocycles. The minimum Gasteiger partial charge on any atom is -0.477 e. The number of likely N-dealkylation sites (tertiary alicyclic amines) is 1. The van der Waals surface area contributed by atoms with Gasteiger partial charge in [0.15, 0.2) is 0 Å². The highest BCUT2D eigenvalue weighted by Crippen LogP contribution is 2.19. The second-order valence-electron chi connectivity index (χ2n) is 4.60. The van der Waals surface area contributed by atoms with Crippen molar-refractivity contribution >= 4 is 11.9 Å². The van der Waals surface area contributed by atoms with Gasteiger partial charge in [-0.1, -0.05) is 6.07 Å². The summed E-state index contributed by atoms with van der Waals surface area (Å²) in [6.45, 7) is 2.17. The van der Waals surface area contributed by atoms with E-state index in [1.54, 1.807) is 12.3 Å². The van der Waals surface area contributed by atoms with Crippen molar-refractivity contribution in [3.8, 4) is 0 Å². The number of carboxylic acids is 1. The highest BCUT2D eigenvalue weighted by molar-refractivity contribution is 5.85. The van der Waals surface area contributed by atoms with E-state index in [0.29, 0.717) is 13.1 Å². The Morgan fingerprint density at radius 3 is 2.89 bits per heavy atom.